The predicted octanol–water partition coefficient (Wildman–Crippen LogP) is 1.03. The number of carbonyl (C=O) groups is 1. The smallest absolute Gasteiger partial charge is 0.249 e. The van der Waals surface area contributed by atoms with Gasteiger partial charge in [-0.05, 0) is 26.2 Å². The van der Waals surface area contributed by atoms with Gasteiger partial charge in [-0.15, -0.1) is 10.2 Å². The number of rotatable bonds is 6. The Morgan fingerprint density at radius 3 is 2.57 bits per heavy atom. The fraction of sp³-hybridized carbons (Fsp3) is 0.357. The average molecular weight is 331 g/mol. The number of benzene rings is 1. The number of carbonyl (C=O) groups excluding carboxylic acids is 1. The quantitative estimate of drug-likeness (QED) is 0.725. The van der Waals surface area contributed by atoms with Crippen LogP contribution in [0.4, 0.5) is 5.13 Å². The van der Waals surface area contributed by atoms with Crippen LogP contribution in [0.3, 0.4) is 0 Å². The predicted molar refractivity (Wildman–Crippen MR) is 88.3 cm³/mol. The fourth-order valence-electron chi connectivity index (χ4n) is 1.99. The molecule has 0 saturated heterocycles. The van der Waals surface area contributed by atoms with Crippen molar-refractivity contribution < 1.29 is 4.79 Å². The number of nitrogens with zero attached hydrogens (tertiary/aromatic N) is 6. The zero-order valence-corrected chi connectivity index (χ0v) is 13.7. The molecule has 9 heteroatoms. The van der Waals surface area contributed by atoms with Crippen LogP contribution in [0, 0.1) is 0 Å². The van der Waals surface area contributed by atoms with E-state index in [0.717, 1.165) is 29.0 Å². The summed E-state index contributed by atoms with van der Waals surface area (Å²) < 4.78 is 0. The first-order valence-corrected chi connectivity index (χ1v) is 7.98. The van der Waals surface area contributed by atoms with E-state index in [4.69, 9.17) is 0 Å². The number of hydrogen-bond acceptors (Lipinski definition) is 7. The lowest BCUT2D eigenvalue weighted by molar-refractivity contribution is -0.117. The van der Waals surface area contributed by atoms with Gasteiger partial charge in [-0.3, -0.25) is 10.1 Å². The Hall–Kier alpha value is -2.39. The molecule has 0 unspecified atom stereocenters. The van der Waals surface area contributed by atoms with Crippen LogP contribution in [-0.2, 0) is 17.8 Å². The summed E-state index contributed by atoms with van der Waals surface area (Å²) in [6.45, 7) is 0.938. The molecule has 3 aromatic rings. The van der Waals surface area contributed by atoms with E-state index < -0.39 is 0 Å². The third kappa shape index (κ3) is 4.08. The molecule has 2 heterocycles. The number of likely N-dealkylation sites (N-methyl/N-ethyl adjacent to an activating group) is 1. The first kappa shape index (κ1) is 15.5. The van der Waals surface area contributed by atoms with Crippen molar-refractivity contribution in [1.29, 1.82) is 0 Å². The fourth-order valence-corrected chi connectivity index (χ4v) is 2.73. The molecule has 0 aliphatic carbocycles. The van der Waals surface area contributed by atoms with E-state index in [1.165, 1.54) is 16.1 Å². The molecule has 0 fully saturated rings. The van der Waals surface area contributed by atoms with E-state index in [-0.39, 0.29) is 12.5 Å². The van der Waals surface area contributed by atoms with E-state index in [9.17, 15) is 4.79 Å². The number of anilines is 1. The topological polar surface area (TPSA) is 88.8 Å². The van der Waals surface area contributed by atoms with Gasteiger partial charge in [-0.25, -0.2) is 0 Å². The number of aromatic nitrogens is 5. The maximum absolute atomic E-state index is 12.1. The molecule has 1 amide bonds. The van der Waals surface area contributed by atoms with Crippen LogP contribution in [-0.4, -0.2) is 56.6 Å². The van der Waals surface area contributed by atoms with Gasteiger partial charge in [0.05, 0.1) is 0 Å². The summed E-state index contributed by atoms with van der Waals surface area (Å²) in [4.78, 5) is 15.5. The second-order valence-electron chi connectivity index (χ2n) is 5.32. The lowest BCUT2D eigenvalue weighted by atomic mass is 10.3. The zero-order chi connectivity index (χ0) is 16.2. The molecule has 0 aliphatic heterocycles. The van der Waals surface area contributed by atoms with Gasteiger partial charge in [0.1, 0.15) is 22.6 Å². The van der Waals surface area contributed by atoms with Crippen molar-refractivity contribution in [2.75, 3.05) is 26.0 Å². The third-order valence-corrected chi connectivity index (χ3v) is 4.00. The maximum Gasteiger partial charge on any atom is 0.249 e. The van der Waals surface area contributed by atoms with Gasteiger partial charge in [0.2, 0.25) is 11.0 Å². The Morgan fingerprint density at radius 2 is 1.91 bits per heavy atom. The van der Waals surface area contributed by atoms with Crippen LogP contribution < -0.4 is 5.32 Å². The Balaban J connectivity index is 1.58. The molecular formula is C14H17N7OS. The van der Waals surface area contributed by atoms with Gasteiger partial charge >= 0.3 is 0 Å². The largest absolute Gasteiger partial charge is 0.309 e. The normalized spacial score (nSPS) is 11.3. The van der Waals surface area contributed by atoms with Gasteiger partial charge in [-0.1, -0.05) is 23.5 Å². The molecular weight excluding hydrogens is 314 g/mol. The first-order chi connectivity index (χ1) is 11.1. The SMILES string of the molecule is CN(C)CCc1nnc(NC(=O)Cn2nc3ccccc3n2)s1. The average Bonchev–Trinajstić information content (AvgIpc) is 3.10. The molecule has 0 radical (unpaired) electrons. The zero-order valence-electron chi connectivity index (χ0n) is 12.9. The van der Waals surface area contributed by atoms with E-state index in [2.05, 4.69) is 30.6 Å². The Morgan fingerprint density at radius 1 is 1.22 bits per heavy atom. The lowest BCUT2D eigenvalue weighted by Crippen LogP contribution is -2.20. The minimum absolute atomic E-state index is 0.0429. The highest BCUT2D eigenvalue weighted by Gasteiger charge is 2.11. The molecule has 0 bridgehead atoms. The second kappa shape index (κ2) is 6.80. The highest BCUT2D eigenvalue weighted by molar-refractivity contribution is 7.15. The maximum atomic E-state index is 12.1. The molecule has 0 atom stereocenters. The van der Waals surface area contributed by atoms with E-state index >= 15 is 0 Å². The van der Waals surface area contributed by atoms with Crippen molar-refractivity contribution >= 4 is 33.4 Å². The Labute approximate surface area is 137 Å². The second-order valence-corrected chi connectivity index (χ2v) is 6.38. The van der Waals surface area contributed by atoms with Crippen LogP contribution >= 0.6 is 11.3 Å². The van der Waals surface area contributed by atoms with Gasteiger partial charge in [0.25, 0.3) is 0 Å². The van der Waals surface area contributed by atoms with Gasteiger partial charge in [0.15, 0.2) is 0 Å². The first-order valence-electron chi connectivity index (χ1n) is 7.17. The summed E-state index contributed by atoms with van der Waals surface area (Å²) in [5.41, 5.74) is 1.53. The molecule has 120 valence electrons. The number of nitrogens with one attached hydrogen (secondary N) is 1. The summed E-state index contributed by atoms with van der Waals surface area (Å²) in [6, 6.07) is 7.49. The molecule has 0 saturated carbocycles. The number of fused-ring (bicyclic) bond motifs is 1. The third-order valence-electron chi connectivity index (χ3n) is 3.10. The summed E-state index contributed by atoms with van der Waals surface area (Å²) in [5, 5.41) is 20.7. The molecule has 1 N–H and O–H groups in total. The van der Waals surface area contributed by atoms with E-state index in [1.807, 2.05) is 38.4 Å². The minimum atomic E-state index is -0.222. The van der Waals surface area contributed by atoms with Crippen LogP contribution in [0.1, 0.15) is 5.01 Å². The summed E-state index contributed by atoms with van der Waals surface area (Å²) >= 11 is 1.39. The summed E-state index contributed by atoms with van der Waals surface area (Å²) in [6.07, 6.45) is 0.812. The minimum Gasteiger partial charge on any atom is -0.309 e. The van der Waals surface area contributed by atoms with Crippen molar-refractivity contribution in [2.24, 2.45) is 0 Å². The molecule has 3 rings (SSSR count). The Bertz CT molecular complexity index is 777. The molecule has 0 aliphatic rings. The van der Waals surface area contributed by atoms with E-state index in [0.29, 0.717) is 5.13 Å². The van der Waals surface area contributed by atoms with Crippen LogP contribution in [0.25, 0.3) is 11.0 Å². The van der Waals surface area contributed by atoms with Crippen molar-refractivity contribution in [1.82, 2.24) is 30.1 Å². The lowest BCUT2D eigenvalue weighted by Gasteiger charge is -2.05. The monoisotopic (exact) mass is 331 g/mol. The molecule has 0 spiro atoms. The van der Waals surface area contributed by atoms with Gasteiger partial charge in [-0.2, -0.15) is 15.0 Å². The van der Waals surface area contributed by atoms with Crippen molar-refractivity contribution in [3.8, 4) is 0 Å². The number of amides is 1. The molecule has 23 heavy (non-hydrogen) atoms. The van der Waals surface area contributed by atoms with Crippen molar-refractivity contribution in [2.45, 2.75) is 13.0 Å². The highest BCUT2D eigenvalue weighted by atomic mass is 32.1. The molecule has 8 nitrogen and oxygen atoms in total. The van der Waals surface area contributed by atoms with Crippen LogP contribution in [0.5, 0.6) is 0 Å². The summed E-state index contributed by atoms with van der Waals surface area (Å²) in [5.74, 6) is -0.222. The standard InChI is InChI=1S/C14H17N7OS/c1-20(2)8-7-13-16-17-14(23-13)15-12(22)9-21-18-10-5-3-4-6-11(10)19-21/h3-6H,7-9H2,1-2H3,(H,15,17,22). The number of hydrogen-bond donors (Lipinski definition) is 1. The van der Waals surface area contributed by atoms with E-state index in [1.54, 1.807) is 0 Å². The van der Waals surface area contributed by atoms with Crippen molar-refractivity contribution in [3.63, 3.8) is 0 Å². The van der Waals surface area contributed by atoms with Gasteiger partial charge in [0, 0.05) is 13.0 Å². The molecule has 1 aromatic carbocycles. The summed E-state index contributed by atoms with van der Waals surface area (Å²) in [7, 11) is 4.01. The highest BCUT2D eigenvalue weighted by Crippen LogP contribution is 2.15. The Kier molecular flexibility index (Phi) is 4.58. The van der Waals surface area contributed by atoms with Crippen LogP contribution in [0.15, 0.2) is 24.3 Å². The molecule has 2 aromatic heterocycles. The van der Waals surface area contributed by atoms with Crippen molar-refractivity contribution in [3.05, 3.63) is 29.3 Å². The van der Waals surface area contributed by atoms with Gasteiger partial charge < -0.3 is 4.90 Å². The van der Waals surface area contributed by atoms with Crippen LogP contribution in [0.2, 0.25) is 0 Å².